The van der Waals surface area contributed by atoms with Gasteiger partial charge in [0.2, 0.25) is 0 Å². The van der Waals surface area contributed by atoms with Gasteiger partial charge in [-0.05, 0) is 20.2 Å². The average molecular weight is 236 g/mol. The van der Waals surface area contributed by atoms with E-state index in [1.807, 2.05) is 12.3 Å². The van der Waals surface area contributed by atoms with E-state index in [2.05, 4.69) is 40.9 Å². The summed E-state index contributed by atoms with van der Waals surface area (Å²) < 4.78 is 0. The van der Waals surface area contributed by atoms with Crippen LogP contribution in [0.2, 0.25) is 0 Å². The summed E-state index contributed by atoms with van der Waals surface area (Å²) in [4.78, 5) is 13.8. The van der Waals surface area contributed by atoms with E-state index in [-0.39, 0.29) is 0 Å². The second-order valence-electron chi connectivity index (χ2n) is 4.11. The predicted molar refractivity (Wildman–Crippen MR) is 67.8 cm³/mol. The van der Waals surface area contributed by atoms with Crippen molar-refractivity contribution in [2.45, 2.75) is 17.2 Å². The quantitative estimate of drug-likeness (QED) is 0.651. The van der Waals surface area contributed by atoms with E-state index in [1.54, 1.807) is 18.1 Å². The van der Waals surface area contributed by atoms with Crippen LogP contribution in [0.15, 0.2) is 23.6 Å². The molecule has 0 aliphatic carbocycles. The summed E-state index contributed by atoms with van der Waals surface area (Å²) in [6, 6.07) is 2.03. The van der Waals surface area contributed by atoms with Gasteiger partial charge in [-0.3, -0.25) is 0 Å². The maximum absolute atomic E-state index is 4.34. The number of rotatable bonds is 4. The van der Waals surface area contributed by atoms with E-state index in [4.69, 9.17) is 0 Å². The number of nitrogens with zero attached hydrogens (tertiary/aromatic N) is 3. The zero-order valence-electron chi connectivity index (χ0n) is 9.77. The molecular weight excluding hydrogens is 220 g/mol. The maximum Gasteiger partial charge on any atom is 0.141 e. The number of hydrogen-bond acceptors (Lipinski definition) is 4. The van der Waals surface area contributed by atoms with Crippen molar-refractivity contribution in [2.24, 2.45) is 0 Å². The zero-order chi connectivity index (χ0) is 11.5. The van der Waals surface area contributed by atoms with Gasteiger partial charge in [0.1, 0.15) is 17.0 Å². The van der Waals surface area contributed by atoms with Crippen molar-refractivity contribution in [1.29, 1.82) is 0 Å². The molecule has 0 saturated carbocycles. The van der Waals surface area contributed by atoms with Crippen LogP contribution in [-0.4, -0.2) is 45.7 Å². The van der Waals surface area contributed by atoms with E-state index >= 15 is 0 Å². The Balaban J connectivity index is 2.17. The van der Waals surface area contributed by atoms with Crippen LogP contribution in [0.5, 0.6) is 0 Å². The van der Waals surface area contributed by atoms with E-state index in [0.717, 1.165) is 22.6 Å². The van der Waals surface area contributed by atoms with Gasteiger partial charge in [0.05, 0.1) is 5.39 Å². The number of fused-ring (bicyclic) bond motifs is 1. The zero-order valence-corrected chi connectivity index (χ0v) is 10.6. The summed E-state index contributed by atoms with van der Waals surface area (Å²) in [6.07, 6.45) is 3.52. The Labute approximate surface area is 99.5 Å². The summed E-state index contributed by atoms with van der Waals surface area (Å²) in [5.74, 6) is 0. The number of hydrogen-bond donors (Lipinski definition) is 1. The molecule has 0 aromatic carbocycles. The molecule has 5 heteroatoms. The van der Waals surface area contributed by atoms with E-state index in [1.165, 1.54) is 0 Å². The number of aromatic nitrogens is 3. The Kier molecular flexibility index (Phi) is 3.46. The van der Waals surface area contributed by atoms with Gasteiger partial charge in [0.25, 0.3) is 0 Å². The molecular formula is C11H16N4S. The SMILES string of the molecule is CC(CN(C)C)Sc1ncnc2[nH]ccc12. The molecule has 2 aromatic heterocycles. The van der Waals surface area contributed by atoms with Gasteiger partial charge in [-0.15, -0.1) is 11.8 Å². The Morgan fingerprint density at radius 1 is 1.44 bits per heavy atom. The highest BCUT2D eigenvalue weighted by molar-refractivity contribution is 8.00. The second-order valence-corrected chi connectivity index (χ2v) is 5.54. The van der Waals surface area contributed by atoms with Crippen molar-refractivity contribution in [3.63, 3.8) is 0 Å². The van der Waals surface area contributed by atoms with Gasteiger partial charge in [0.15, 0.2) is 0 Å². The fourth-order valence-electron chi connectivity index (χ4n) is 1.68. The molecule has 0 spiro atoms. The molecule has 0 aliphatic heterocycles. The Morgan fingerprint density at radius 3 is 3.00 bits per heavy atom. The lowest BCUT2D eigenvalue weighted by atomic mass is 10.4. The Hall–Kier alpha value is -1.07. The van der Waals surface area contributed by atoms with Gasteiger partial charge in [-0.2, -0.15) is 0 Å². The van der Waals surface area contributed by atoms with Gasteiger partial charge in [-0.25, -0.2) is 9.97 Å². The number of nitrogens with one attached hydrogen (secondary N) is 1. The van der Waals surface area contributed by atoms with Crippen LogP contribution in [0.1, 0.15) is 6.92 Å². The fourth-order valence-corrected chi connectivity index (χ4v) is 2.84. The second kappa shape index (κ2) is 4.84. The van der Waals surface area contributed by atoms with Crippen LogP contribution in [0, 0.1) is 0 Å². The van der Waals surface area contributed by atoms with Crippen LogP contribution in [0.3, 0.4) is 0 Å². The molecule has 0 fully saturated rings. The predicted octanol–water partition coefficient (Wildman–Crippen LogP) is 2.00. The third-order valence-electron chi connectivity index (χ3n) is 2.25. The monoisotopic (exact) mass is 236 g/mol. The van der Waals surface area contributed by atoms with Crippen molar-refractivity contribution in [1.82, 2.24) is 19.9 Å². The molecule has 16 heavy (non-hydrogen) atoms. The first-order valence-electron chi connectivity index (χ1n) is 5.26. The Bertz CT molecular complexity index is 466. The van der Waals surface area contributed by atoms with Crippen LogP contribution >= 0.6 is 11.8 Å². The molecule has 2 aromatic rings. The summed E-state index contributed by atoms with van der Waals surface area (Å²) >= 11 is 1.79. The van der Waals surface area contributed by atoms with Gasteiger partial charge < -0.3 is 9.88 Å². The third kappa shape index (κ3) is 2.54. The molecule has 0 bridgehead atoms. The molecule has 1 unspecified atom stereocenters. The highest BCUT2D eigenvalue weighted by atomic mass is 32.2. The molecule has 1 N–H and O–H groups in total. The summed E-state index contributed by atoms with van der Waals surface area (Å²) in [7, 11) is 4.17. The number of aromatic amines is 1. The van der Waals surface area contributed by atoms with E-state index in [0.29, 0.717) is 5.25 Å². The van der Waals surface area contributed by atoms with Crippen LogP contribution in [0.4, 0.5) is 0 Å². The van der Waals surface area contributed by atoms with Crippen molar-refractivity contribution in [3.8, 4) is 0 Å². The van der Waals surface area contributed by atoms with E-state index < -0.39 is 0 Å². The largest absolute Gasteiger partial charge is 0.346 e. The molecule has 4 nitrogen and oxygen atoms in total. The van der Waals surface area contributed by atoms with Crippen molar-refractivity contribution in [2.75, 3.05) is 20.6 Å². The smallest absolute Gasteiger partial charge is 0.141 e. The minimum atomic E-state index is 0.517. The molecule has 2 heterocycles. The van der Waals surface area contributed by atoms with Crippen molar-refractivity contribution >= 4 is 22.8 Å². The summed E-state index contributed by atoms with van der Waals surface area (Å²) in [6.45, 7) is 3.26. The molecule has 0 saturated heterocycles. The van der Waals surface area contributed by atoms with Crippen LogP contribution < -0.4 is 0 Å². The minimum Gasteiger partial charge on any atom is -0.346 e. The summed E-state index contributed by atoms with van der Waals surface area (Å²) in [5.41, 5.74) is 0.912. The highest BCUT2D eigenvalue weighted by Gasteiger charge is 2.10. The standard InChI is InChI=1S/C11H16N4S/c1-8(6-15(2)3)16-11-9-4-5-12-10(9)13-7-14-11/h4-5,7-8H,6H2,1-3H3,(H,12,13,14). The van der Waals surface area contributed by atoms with Crippen molar-refractivity contribution < 1.29 is 0 Å². The van der Waals surface area contributed by atoms with Gasteiger partial charge in [0, 0.05) is 18.0 Å². The Morgan fingerprint density at radius 2 is 2.25 bits per heavy atom. The third-order valence-corrected chi connectivity index (χ3v) is 3.35. The topological polar surface area (TPSA) is 44.8 Å². The summed E-state index contributed by atoms with van der Waals surface area (Å²) in [5, 5.41) is 2.68. The lowest BCUT2D eigenvalue weighted by Crippen LogP contribution is -2.21. The fraction of sp³-hybridized carbons (Fsp3) is 0.455. The number of H-pyrrole nitrogens is 1. The lowest BCUT2D eigenvalue weighted by Gasteiger charge is -2.15. The molecule has 2 rings (SSSR count). The maximum atomic E-state index is 4.34. The first kappa shape index (κ1) is 11.4. The van der Waals surface area contributed by atoms with E-state index in [9.17, 15) is 0 Å². The van der Waals surface area contributed by atoms with Crippen LogP contribution in [0.25, 0.3) is 11.0 Å². The highest BCUT2D eigenvalue weighted by Crippen LogP contribution is 2.27. The molecule has 0 radical (unpaired) electrons. The minimum absolute atomic E-state index is 0.517. The molecule has 86 valence electrons. The lowest BCUT2D eigenvalue weighted by molar-refractivity contribution is 0.413. The van der Waals surface area contributed by atoms with Crippen molar-refractivity contribution in [3.05, 3.63) is 18.6 Å². The molecule has 0 aliphatic rings. The first-order valence-corrected chi connectivity index (χ1v) is 6.14. The first-order chi connectivity index (χ1) is 7.66. The normalized spacial score (nSPS) is 13.5. The molecule has 1 atom stereocenters. The average Bonchev–Trinajstić information content (AvgIpc) is 2.65. The number of thioether (sulfide) groups is 1. The van der Waals surface area contributed by atoms with Gasteiger partial charge >= 0.3 is 0 Å². The van der Waals surface area contributed by atoms with Crippen LogP contribution in [-0.2, 0) is 0 Å². The molecule has 0 amide bonds. The van der Waals surface area contributed by atoms with Gasteiger partial charge in [-0.1, -0.05) is 6.92 Å².